The van der Waals surface area contributed by atoms with E-state index in [2.05, 4.69) is 16.6 Å². The van der Waals surface area contributed by atoms with E-state index in [1.807, 2.05) is 0 Å². The Bertz CT molecular complexity index is 1410. The van der Waals surface area contributed by atoms with Crippen LogP contribution in [0.15, 0.2) is 64.9 Å². The van der Waals surface area contributed by atoms with Gasteiger partial charge in [0, 0.05) is 5.56 Å². The van der Waals surface area contributed by atoms with Crippen LogP contribution in [0, 0.1) is 23.5 Å². The monoisotopic (exact) mass is 485 g/mol. The highest BCUT2D eigenvalue weighted by Gasteiger charge is 2.29. The molecule has 168 valence electrons. The number of sulfonamides is 1. The highest BCUT2D eigenvalue weighted by atomic mass is 32.2. The van der Waals surface area contributed by atoms with Crippen LogP contribution in [-0.4, -0.2) is 25.5 Å². The first kappa shape index (κ1) is 22.9. The molecule has 1 aromatic heterocycles. The lowest BCUT2D eigenvalue weighted by molar-refractivity contribution is -0.138. The van der Waals surface area contributed by atoms with E-state index in [1.165, 1.54) is 48.5 Å². The third-order valence-electron chi connectivity index (χ3n) is 5.02. The van der Waals surface area contributed by atoms with Gasteiger partial charge in [-0.05, 0) is 78.1 Å². The Labute approximate surface area is 193 Å². The van der Waals surface area contributed by atoms with Crippen LogP contribution in [0.4, 0.5) is 8.78 Å². The molecule has 2 N–H and O–H groups in total. The molecule has 0 bridgehead atoms. The van der Waals surface area contributed by atoms with Crippen molar-refractivity contribution >= 4 is 32.9 Å². The molecule has 1 unspecified atom stereocenters. The SMILES string of the molecule is O=C(O)C(CC1=CCc2cc(F)ccc21)NS(=O)(=O)c1ccc(C#Cc2ccc(F)cc2)s1. The van der Waals surface area contributed by atoms with E-state index in [0.717, 1.165) is 22.5 Å². The third kappa shape index (κ3) is 5.37. The van der Waals surface area contributed by atoms with Gasteiger partial charge in [-0.1, -0.05) is 24.0 Å². The molecular formula is C24H17F2NO4S2. The highest BCUT2D eigenvalue weighted by molar-refractivity contribution is 7.91. The number of carboxylic acids is 1. The summed E-state index contributed by atoms with van der Waals surface area (Å²) in [5.74, 6) is 3.57. The standard InChI is InChI=1S/C24H17F2NO4S2/c25-18-6-1-15(2-7-18)3-9-20-10-12-23(32-20)33(30,31)27-22(24(28)29)14-17-5-4-16-13-19(26)8-11-21(16)17/h1-2,5-8,10-13,22,27H,4,14H2,(H,28,29). The summed E-state index contributed by atoms with van der Waals surface area (Å²) in [6, 6.07) is 11.3. The van der Waals surface area contributed by atoms with Crippen molar-refractivity contribution < 1.29 is 27.1 Å². The molecule has 1 aliphatic rings. The molecule has 0 spiro atoms. The van der Waals surface area contributed by atoms with Gasteiger partial charge < -0.3 is 5.11 Å². The molecule has 4 rings (SSSR count). The lowest BCUT2D eigenvalue weighted by Gasteiger charge is -2.15. The molecule has 0 aliphatic heterocycles. The van der Waals surface area contributed by atoms with Crippen molar-refractivity contribution in [2.75, 3.05) is 0 Å². The number of halogens is 2. The Kier molecular flexibility index (Phi) is 6.42. The van der Waals surface area contributed by atoms with Gasteiger partial charge in [0.2, 0.25) is 0 Å². The lowest BCUT2D eigenvalue weighted by Crippen LogP contribution is -2.40. The average molecular weight is 486 g/mol. The summed E-state index contributed by atoms with van der Waals surface area (Å²) in [5.41, 5.74) is 2.68. The molecule has 1 atom stereocenters. The number of fused-ring (bicyclic) bond motifs is 1. The zero-order valence-corrected chi connectivity index (χ0v) is 18.6. The number of nitrogens with one attached hydrogen (secondary N) is 1. The van der Waals surface area contributed by atoms with Gasteiger partial charge in [-0.2, -0.15) is 4.72 Å². The highest BCUT2D eigenvalue weighted by Crippen LogP contribution is 2.32. The second kappa shape index (κ2) is 9.27. The summed E-state index contributed by atoms with van der Waals surface area (Å²) in [7, 11) is -4.11. The zero-order chi connectivity index (χ0) is 23.6. The first-order chi connectivity index (χ1) is 15.7. The van der Waals surface area contributed by atoms with Crippen LogP contribution >= 0.6 is 11.3 Å². The number of rotatable bonds is 6. The maximum absolute atomic E-state index is 13.4. The summed E-state index contributed by atoms with van der Waals surface area (Å²) >= 11 is 0.901. The maximum atomic E-state index is 13.4. The fourth-order valence-corrected chi connectivity index (χ4v) is 5.79. The molecule has 9 heteroatoms. The Morgan fingerprint density at radius 2 is 1.79 bits per heavy atom. The Hall–Kier alpha value is -3.32. The van der Waals surface area contributed by atoms with Gasteiger partial charge in [0.05, 0.1) is 4.88 Å². The molecule has 0 amide bonds. The van der Waals surface area contributed by atoms with E-state index in [0.29, 0.717) is 22.4 Å². The van der Waals surface area contributed by atoms with Crippen LogP contribution in [0.2, 0.25) is 0 Å². The molecular weight excluding hydrogens is 468 g/mol. The van der Waals surface area contributed by atoms with E-state index in [9.17, 15) is 27.1 Å². The smallest absolute Gasteiger partial charge is 0.322 e. The summed E-state index contributed by atoms with van der Waals surface area (Å²) in [6.07, 6.45) is 2.17. The van der Waals surface area contributed by atoms with Gasteiger partial charge in [-0.25, -0.2) is 17.2 Å². The van der Waals surface area contributed by atoms with Crippen LogP contribution in [0.3, 0.4) is 0 Å². The summed E-state index contributed by atoms with van der Waals surface area (Å²) in [6.45, 7) is 0. The molecule has 0 fully saturated rings. The third-order valence-corrected chi connectivity index (χ3v) is 7.99. The van der Waals surface area contributed by atoms with Gasteiger partial charge in [0.1, 0.15) is 21.9 Å². The van der Waals surface area contributed by atoms with Gasteiger partial charge in [-0.3, -0.25) is 4.79 Å². The Morgan fingerprint density at radius 3 is 2.52 bits per heavy atom. The Morgan fingerprint density at radius 1 is 1.06 bits per heavy atom. The van der Waals surface area contributed by atoms with Gasteiger partial charge >= 0.3 is 5.97 Å². The van der Waals surface area contributed by atoms with E-state index in [1.54, 1.807) is 12.1 Å². The van der Waals surface area contributed by atoms with E-state index in [4.69, 9.17) is 0 Å². The number of hydrogen-bond donors (Lipinski definition) is 2. The first-order valence-corrected chi connectivity index (χ1v) is 12.1. The topological polar surface area (TPSA) is 83.5 Å². The predicted molar refractivity (Wildman–Crippen MR) is 121 cm³/mol. The van der Waals surface area contributed by atoms with Crippen molar-refractivity contribution in [2.45, 2.75) is 23.1 Å². The van der Waals surface area contributed by atoms with Crippen LogP contribution in [0.25, 0.3) is 5.57 Å². The van der Waals surface area contributed by atoms with Crippen LogP contribution in [0.5, 0.6) is 0 Å². The molecule has 1 heterocycles. The second-order valence-corrected chi connectivity index (χ2v) is 10.4. The molecule has 1 aliphatic carbocycles. The molecule has 2 aromatic carbocycles. The maximum Gasteiger partial charge on any atom is 0.322 e. The predicted octanol–water partition coefficient (Wildman–Crippen LogP) is 4.19. The number of aliphatic carboxylic acids is 1. The largest absolute Gasteiger partial charge is 0.480 e. The van der Waals surface area contributed by atoms with Crippen molar-refractivity contribution in [1.82, 2.24) is 4.72 Å². The first-order valence-electron chi connectivity index (χ1n) is 9.82. The van der Waals surface area contributed by atoms with Gasteiger partial charge in [-0.15, -0.1) is 11.3 Å². The fraction of sp³-hybridized carbons (Fsp3) is 0.125. The fourth-order valence-electron chi connectivity index (χ4n) is 3.42. The number of thiophene rings is 1. The van der Waals surface area contributed by atoms with Crippen molar-refractivity contribution in [2.24, 2.45) is 0 Å². The molecule has 33 heavy (non-hydrogen) atoms. The average Bonchev–Trinajstić information content (AvgIpc) is 3.40. The lowest BCUT2D eigenvalue weighted by atomic mass is 10.00. The summed E-state index contributed by atoms with van der Waals surface area (Å²) in [4.78, 5) is 12.3. The van der Waals surface area contributed by atoms with Gasteiger partial charge in [0.15, 0.2) is 0 Å². The van der Waals surface area contributed by atoms with E-state index in [-0.39, 0.29) is 22.3 Å². The second-order valence-electron chi connectivity index (χ2n) is 7.33. The van der Waals surface area contributed by atoms with Crippen molar-refractivity contribution in [1.29, 1.82) is 0 Å². The van der Waals surface area contributed by atoms with Crippen LogP contribution < -0.4 is 4.72 Å². The number of benzene rings is 2. The van der Waals surface area contributed by atoms with Crippen LogP contribution in [0.1, 0.15) is 28.0 Å². The minimum atomic E-state index is -4.11. The zero-order valence-electron chi connectivity index (χ0n) is 17.0. The minimum Gasteiger partial charge on any atom is -0.480 e. The molecule has 5 nitrogen and oxygen atoms in total. The van der Waals surface area contributed by atoms with Crippen molar-refractivity contribution in [3.8, 4) is 11.8 Å². The number of hydrogen-bond acceptors (Lipinski definition) is 4. The summed E-state index contributed by atoms with van der Waals surface area (Å²) < 4.78 is 54.2. The molecule has 0 radical (unpaired) electrons. The van der Waals surface area contributed by atoms with E-state index < -0.39 is 22.0 Å². The summed E-state index contributed by atoms with van der Waals surface area (Å²) in [5, 5.41) is 9.61. The van der Waals surface area contributed by atoms with Crippen LogP contribution in [-0.2, 0) is 21.2 Å². The number of allylic oxidation sites excluding steroid dienone is 1. The number of carboxylic acid groups (broad SMARTS) is 1. The number of carbonyl (C=O) groups is 1. The van der Waals surface area contributed by atoms with Crippen molar-refractivity contribution in [3.63, 3.8) is 0 Å². The minimum absolute atomic E-state index is 0.0694. The van der Waals surface area contributed by atoms with Crippen molar-refractivity contribution in [3.05, 3.63) is 93.9 Å². The normalized spacial score (nSPS) is 13.6. The Balaban J connectivity index is 1.49. The molecule has 0 saturated carbocycles. The molecule has 0 saturated heterocycles. The molecule has 3 aromatic rings. The quantitative estimate of drug-likeness (QED) is 0.513. The van der Waals surface area contributed by atoms with Gasteiger partial charge in [0.25, 0.3) is 10.0 Å². The van der Waals surface area contributed by atoms with E-state index >= 15 is 0 Å².